The summed E-state index contributed by atoms with van der Waals surface area (Å²) in [5, 5.41) is 12.0. The minimum Gasteiger partial charge on any atom is -0.449 e. The molecule has 0 aliphatic carbocycles. The van der Waals surface area contributed by atoms with Gasteiger partial charge in [0.25, 0.3) is 11.8 Å². The van der Waals surface area contributed by atoms with Crippen LogP contribution in [0.2, 0.25) is 0 Å². The van der Waals surface area contributed by atoms with E-state index >= 15 is 0 Å². The standard InChI is InChI=1S/C17H11N3O3/c18-9-10-5-7-11(8-6-10)17(22)20-14-12-3-1-2-4-13(12)23-15(14)16(19)21/h1-8H,(H2,19,21)(H,20,22). The number of benzene rings is 2. The zero-order valence-corrected chi connectivity index (χ0v) is 11.9. The summed E-state index contributed by atoms with van der Waals surface area (Å²) in [5.41, 5.74) is 6.81. The van der Waals surface area contributed by atoms with Gasteiger partial charge in [0.15, 0.2) is 0 Å². The summed E-state index contributed by atoms with van der Waals surface area (Å²) < 4.78 is 5.40. The van der Waals surface area contributed by atoms with Crippen LogP contribution in [0.15, 0.2) is 52.9 Å². The molecule has 3 aromatic rings. The average Bonchev–Trinajstić information content (AvgIpc) is 2.94. The predicted octanol–water partition coefficient (Wildman–Crippen LogP) is 2.66. The van der Waals surface area contributed by atoms with Gasteiger partial charge < -0.3 is 15.5 Å². The minimum atomic E-state index is -0.767. The molecule has 0 radical (unpaired) electrons. The number of amides is 2. The Bertz CT molecular complexity index is 949. The van der Waals surface area contributed by atoms with Gasteiger partial charge in [-0.25, -0.2) is 0 Å². The van der Waals surface area contributed by atoms with Crippen molar-refractivity contribution in [3.8, 4) is 6.07 Å². The predicted molar refractivity (Wildman–Crippen MR) is 83.8 cm³/mol. The smallest absolute Gasteiger partial charge is 0.286 e. The number of nitrogens with zero attached hydrogens (tertiary/aromatic N) is 1. The molecule has 3 N–H and O–H groups in total. The molecule has 6 heteroatoms. The van der Waals surface area contributed by atoms with Crippen LogP contribution in [0.5, 0.6) is 0 Å². The van der Waals surface area contributed by atoms with Gasteiger partial charge in [-0.2, -0.15) is 5.26 Å². The lowest BCUT2D eigenvalue weighted by molar-refractivity contribution is 0.0977. The molecule has 0 saturated carbocycles. The third-order valence-corrected chi connectivity index (χ3v) is 3.33. The Morgan fingerprint density at radius 2 is 1.78 bits per heavy atom. The van der Waals surface area contributed by atoms with E-state index in [1.807, 2.05) is 6.07 Å². The molecule has 0 unspecified atom stereocenters. The minimum absolute atomic E-state index is 0.104. The number of nitrogens with two attached hydrogens (primary N) is 1. The molecule has 0 spiro atoms. The van der Waals surface area contributed by atoms with E-state index < -0.39 is 11.8 Å². The molecule has 0 aliphatic rings. The van der Waals surface area contributed by atoms with Gasteiger partial charge in [-0.1, -0.05) is 12.1 Å². The third-order valence-electron chi connectivity index (χ3n) is 3.33. The Labute approximate surface area is 131 Å². The summed E-state index contributed by atoms with van der Waals surface area (Å²) in [6, 6.07) is 15.0. The van der Waals surface area contributed by atoms with Crippen molar-refractivity contribution in [3.05, 3.63) is 65.4 Å². The number of primary amides is 1. The van der Waals surface area contributed by atoms with Crippen molar-refractivity contribution in [3.63, 3.8) is 0 Å². The monoisotopic (exact) mass is 305 g/mol. The molecule has 2 aromatic carbocycles. The molecule has 0 saturated heterocycles. The number of anilines is 1. The van der Waals surface area contributed by atoms with Gasteiger partial charge in [0.1, 0.15) is 11.3 Å². The van der Waals surface area contributed by atoms with E-state index in [-0.39, 0.29) is 11.4 Å². The molecule has 23 heavy (non-hydrogen) atoms. The van der Waals surface area contributed by atoms with Gasteiger partial charge in [0.2, 0.25) is 5.76 Å². The maximum Gasteiger partial charge on any atom is 0.286 e. The Morgan fingerprint density at radius 1 is 1.09 bits per heavy atom. The van der Waals surface area contributed by atoms with Crippen LogP contribution in [0.3, 0.4) is 0 Å². The maximum absolute atomic E-state index is 12.3. The first kappa shape index (κ1) is 14.4. The van der Waals surface area contributed by atoms with E-state index in [9.17, 15) is 9.59 Å². The van der Waals surface area contributed by atoms with Crippen LogP contribution >= 0.6 is 0 Å². The fourth-order valence-electron chi connectivity index (χ4n) is 2.22. The Balaban J connectivity index is 2.00. The van der Waals surface area contributed by atoms with Gasteiger partial charge in [0.05, 0.1) is 11.6 Å². The summed E-state index contributed by atoms with van der Waals surface area (Å²) >= 11 is 0. The highest BCUT2D eigenvalue weighted by atomic mass is 16.3. The Morgan fingerprint density at radius 3 is 2.43 bits per heavy atom. The van der Waals surface area contributed by atoms with Crippen molar-refractivity contribution >= 4 is 28.5 Å². The number of hydrogen-bond donors (Lipinski definition) is 2. The van der Waals surface area contributed by atoms with E-state index in [2.05, 4.69) is 5.32 Å². The lowest BCUT2D eigenvalue weighted by Gasteiger charge is -2.05. The summed E-state index contributed by atoms with van der Waals surface area (Å²) in [7, 11) is 0. The van der Waals surface area contributed by atoms with E-state index in [1.54, 1.807) is 24.3 Å². The van der Waals surface area contributed by atoms with Crippen molar-refractivity contribution in [2.45, 2.75) is 0 Å². The Kier molecular flexibility index (Phi) is 3.53. The van der Waals surface area contributed by atoms with Gasteiger partial charge in [-0.05, 0) is 36.4 Å². The van der Waals surface area contributed by atoms with Crippen LogP contribution in [0.25, 0.3) is 11.0 Å². The number of rotatable bonds is 3. The highest BCUT2D eigenvalue weighted by molar-refractivity contribution is 6.14. The topological polar surface area (TPSA) is 109 Å². The number of para-hydroxylation sites is 1. The summed E-state index contributed by atoms with van der Waals surface area (Å²) in [6.07, 6.45) is 0. The first-order chi connectivity index (χ1) is 11.1. The SMILES string of the molecule is N#Cc1ccc(C(=O)Nc2c(C(N)=O)oc3ccccc23)cc1. The van der Waals surface area contributed by atoms with Crippen LogP contribution in [0.4, 0.5) is 5.69 Å². The molecule has 2 amide bonds. The van der Waals surface area contributed by atoms with Crippen LogP contribution in [0.1, 0.15) is 26.5 Å². The van der Waals surface area contributed by atoms with Crippen LogP contribution in [0, 0.1) is 11.3 Å². The van der Waals surface area contributed by atoms with Crippen molar-refractivity contribution in [1.82, 2.24) is 0 Å². The first-order valence-electron chi connectivity index (χ1n) is 6.73. The molecule has 3 rings (SSSR count). The maximum atomic E-state index is 12.3. The number of nitrogens with one attached hydrogen (secondary N) is 1. The second kappa shape index (κ2) is 5.66. The molecule has 112 valence electrons. The van der Waals surface area contributed by atoms with E-state index in [0.717, 1.165) is 0 Å². The number of carbonyl (C=O) groups excluding carboxylic acids is 2. The highest BCUT2D eigenvalue weighted by Crippen LogP contribution is 2.30. The summed E-state index contributed by atoms with van der Waals surface area (Å²) in [6.45, 7) is 0. The molecule has 0 fully saturated rings. The third kappa shape index (κ3) is 2.63. The van der Waals surface area contributed by atoms with E-state index in [4.69, 9.17) is 15.4 Å². The largest absolute Gasteiger partial charge is 0.449 e. The number of hydrogen-bond acceptors (Lipinski definition) is 4. The number of nitriles is 1. The number of carbonyl (C=O) groups is 2. The van der Waals surface area contributed by atoms with Gasteiger partial charge in [-0.3, -0.25) is 9.59 Å². The normalized spacial score (nSPS) is 10.2. The highest BCUT2D eigenvalue weighted by Gasteiger charge is 2.20. The molecule has 0 bridgehead atoms. The number of fused-ring (bicyclic) bond motifs is 1. The van der Waals surface area contributed by atoms with Crippen molar-refractivity contribution < 1.29 is 14.0 Å². The van der Waals surface area contributed by atoms with Gasteiger partial charge >= 0.3 is 0 Å². The van der Waals surface area contributed by atoms with E-state index in [1.165, 1.54) is 24.3 Å². The van der Waals surface area contributed by atoms with Crippen molar-refractivity contribution in [2.75, 3.05) is 5.32 Å². The van der Waals surface area contributed by atoms with Crippen molar-refractivity contribution in [1.29, 1.82) is 5.26 Å². The second-order valence-electron chi connectivity index (χ2n) is 4.81. The molecular formula is C17H11N3O3. The fourth-order valence-corrected chi connectivity index (χ4v) is 2.22. The van der Waals surface area contributed by atoms with Gasteiger partial charge in [-0.15, -0.1) is 0 Å². The number of furan rings is 1. The lowest BCUT2D eigenvalue weighted by Crippen LogP contribution is -2.17. The lowest BCUT2D eigenvalue weighted by atomic mass is 10.1. The summed E-state index contributed by atoms with van der Waals surface area (Å²) in [4.78, 5) is 23.9. The Hall–Kier alpha value is -3.59. The molecule has 1 heterocycles. The van der Waals surface area contributed by atoms with Crippen LogP contribution < -0.4 is 11.1 Å². The van der Waals surface area contributed by atoms with E-state index in [0.29, 0.717) is 22.1 Å². The average molecular weight is 305 g/mol. The molecular weight excluding hydrogens is 294 g/mol. The van der Waals surface area contributed by atoms with Gasteiger partial charge in [0, 0.05) is 10.9 Å². The summed E-state index contributed by atoms with van der Waals surface area (Å²) in [5.74, 6) is -1.30. The van der Waals surface area contributed by atoms with Crippen molar-refractivity contribution in [2.24, 2.45) is 5.73 Å². The second-order valence-corrected chi connectivity index (χ2v) is 4.81. The molecule has 1 aromatic heterocycles. The van der Waals surface area contributed by atoms with Crippen LogP contribution in [-0.2, 0) is 0 Å². The molecule has 0 aliphatic heterocycles. The zero-order chi connectivity index (χ0) is 16.4. The molecule has 6 nitrogen and oxygen atoms in total. The molecule has 0 atom stereocenters. The van der Waals surface area contributed by atoms with Crippen LogP contribution in [-0.4, -0.2) is 11.8 Å². The fraction of sp³-hybridized carbons (Fsp3) is 0. The first-order valence-corrected chi connectivity index (χ1v) is 6.73. The quantitative estimate of drug-likeness (QED) is 0.775. The zero-order valence-electron chi connectivity index (χ0n) is 11.9.